The van der Waals surface area contributed by atoms with Crippen LogP contribution in [0.15, 0.2) is 18.7 Å². The predicted octanol–water partition coefficient (Wildman–Crippen LogP) is 1.60. The highest BCUT2D eigenvalue weighted by molar-refractivity contribution is 5.80. The first kappa shape index (κ1) is 16.0. The average molecular weight is 355 g/mol. The minimum absolute atomic E-state index is 0.0525. The minimum Gasteiger partial charge on any atom is -0.349 e. The fraction of sp³-hybridized carbons (Fsp3) is 0.722. The van der Waals surface area contributed by atoms with Gasteiger partial charge in [-0.2, -0.15) is 9.90 Å². The van der Waals surface area contributed by atoms with Gasteiger partial charge in [0.15, 0.2) is 6.33 Å². The van der Waals surface area contributed by atoms with Crippen LogP contribution in [-0.2, 0) is 10.3 Å². The first-order chi connectivity index (χ1) is 12.5. The molecule has 26 heavy (non-hydrogen) atoms. The molecule has 8 heteroatoms. The summed E-state index contributed by atoms with van der Waals surface area (Å²) in [7, 11) is 0. The molecule has 3 atom stereocenters. The minimum atomic E-state index is -0.308. The molecule has 0 saturated heterocycles. The summed E-state index contributed by atoms with van der Waals surface area (Å²) >= 11 is 0. The second-order valence-corrected chi connectivity index (χ2v) is 8.85. The Morgan fingerprint density at radius 3 is 2.65 bits per heavy atom. The Morgan fingerprint density at radius 1 is 1.27 bits per heavy atom. The maximum atomic E-state index is 13.0. The second-order valence-electron chi connectivity index (χ2n) is 8.85. The molecule has 2 heterocycles. The Balaban J connectivity index is 1.41. The molecule has 1 N–H and O–H groups in total. The van der Waals surface area contributed by atoms with Crippen molar-refractivity contribution in [3.8, 4) is 0 Å². The molecule has 1 amide bonds. The zero-order valence-electron chi connectivity index (χ0n) is 15.3. The van der Waals surface area contributed by atoms with E-state index < -0.39 is 0 Å². The van der Waals surface area contributed by atoms with Crippen LogP contribution in [0.5, 0.6) is 0 Å². The maximum absolute atomic E-state index is 13.0. The first-order valence-corrected chi connectivity index (χ1v) is 9.53. The molecule has 3 unspecified atom stereocenters. The van der Waals surface area contributed by atoms with Crippen molar-refractivity contribution in [3.63, 3.8) is 0 Å². The fourth-order valence-electron chi connectivity index (χ4n) is 6.11. The van der Waals surface area contributed by atoms with Crippen LogP contribution in [0, 0.1) is 18.8 Å². The molecule has 4 bridgehead atoms. The number of carbonyl (C=O) groups excluding carboxylic acids is 1. The normalized spacial score (nSPS) is 36.2. The van der Waals surface area contributed by atoms with Gasteiger partial charge in [0.1, 0.15) is 6.04 Å². The molecule has 0 radical (unpaired) electrons. The lowest BCUT2D eigenvalue weighted by molar-refractivity contribution is -0.134. The van der Waals surface area contributed by atoms with Gasteiger partial charge >= 0.3 is 0 Å². The summed E-state index contributed by atoms with van der Waals surface area (Å²) < 4.78 is 1.75. The summed E-state index contributed by atoms with van der Waals surface area (Å²) in [5, 5.41) is 20.3. The summed E-state index contributed by atoms with van der Waals surface area (Å²) in [5.41, 5.74) is 0.834. The van der Waals surface area contributed by atoms with E-state index in [0.29, 0.717) is 11.8 Å². The van der Waals surface area contributed by atoms with Crippen molar-refractivity contribution in [2.24, 2.45) is 11.8 Å². The number of rotatable bonds is 4. The van der Waals surface area contributed by atoms with Crippen molar-refractivity contribution in [2.75, 3.05) is 0 Å². The number of tetrazole rings is 1. The molecule has 8 nitrogen and oxygen atoms in total. The Hall–Kier alpha value is -2.25. The smallest absolute Gasteiger partial charge is 0.245 e. The fourth-order valence-corrected chi connectivity index (χ4v) is 6.11. The maximum Gasteiger partial charge on any atom is 0.245 e. The third-order valence-corrected chi connectivity index (χ3v) is 6.70. The quantitative estimate of drug-likeness (QED) is 0.900. The van der Waals surface area contributed by atoms with Crippen LogP contribution >= 0.6 is 0 Å². The van der Waals surface area contributed by atoms with Gasteiger partial charge in [0, 0.05) is 11.7 Å². The van der Waals surface area contributed by atoms with Crippen molar-refractivity contribution in [1.82, 2.24) is 35.3 Å². The summed E-state index contributed by atoms with van der Waals surface area (Å²) in [5.74, 6) is 1.31. The Labute approximate surface area is 152 Å². The van der Waals surface area contributed by atoms with Crippen molar-refractivity contribution < 1.29 is 4.79 Å². The summed E-state index contributed by atoms with van der Waals surface area (Å²) in [6, 6.07) is -0.308. The molecule has 0 aliphatic heterocycles. The van der Waals surface area contributed by atoms with Crippen molar-refractivity contribution >= 4 is 5.91 Å². The molecule has 4 aliphatic carbocycles. The lowest BCUT2D eigenvalue weighted by atomic mass is 9.50. The Morgan fingerprint density at radius 2 is 2.04 bits per heavy atom. The van der Waals surface area contributed by atoms with Crippen LogP contribution in [0.2, 0.25) is 0 Å². The number of aromatic nitrogens is 6. The van der Waals surface area contributed by atoms with Crippen LogP contribution in [0.25, 0.3) is 0 Å². The van der Waals surface area contributed by atoms with Gasteiger partial charge in [0.2, 0.25) is 5.91 Å². The van der Waals surface area contributed by atoms with Crippen molar-refractivity contribution in [2.45, 2.75) is 69.5 Å². The van der Waals surface area contributed by atoms with Crippen molar-refractivity contribution in [3.05, 3.63) is 24.3 Å². The molecular weight excluding hydrogens is 330 g/mol. The summed E-state index contributed by atoms with van der Waals surface area (Å²) in [6.45, 7) is 3.90. The first-order valence-electron chi connectivity index (χ1n) is 9.53. The van der Waals surface area contributed by atoms with Gasteiger partial charge in [0.25, 0.3) is 0 Å². The second kappa shape index (κ2) is 5.37. The molecule has 138 valence electrons. The molecule has 4 aliphatic rings. The van der Waals surface area contributed by atoms with Gasteiger partial charge < -0.3 is 5.32 Å². The van der Waals surface area contributed by atoms with E-state index in [1.54, 1.807) is 10.9 Å². The van der Waals surface area contributed by atoms with E-state index in [0.717, 1.165) is 37.7 Å². The standard InChI is InChI=1S/C18H25N7O/c1-12-8-20-24(9-12)13(2)16(26)22-17-4-14-3-15(5-17)7-18(6-14,10-17)25-21-11-19-23-25/h8-9,11,13-15H,3-7,10H2,1-2H3,(H,22,26). The van der Waals surface area contributed by atoms with Crippen LogP contribution < -0.4 is 5.32 Å². The SMILES string of the molecule is Cc1cnn(C(C)C(=O)NC23CC4CC(C2)CC(n2ncnn2)(C4)C3)c1. The van der Waals surface area contributed by atoms with E-state index in [4.69, 9.17) is 0 Å². The Bertz CT molecular complexity index is 812. The number of amides is 1. The van der Waals surface area contributed by atoms with E-state index in [1.165, 1.54) is 12.7 Å². The number of carbonyl (C=O) groups is 1. The molecule has 2 aromatic heterocycles. The molecule has 0 spiro atoms. The monoisotopic (exact) mass is 355 g/mol. The summed E-state index contributed by atoms with van der Waals surface area (Å²) in [4.78, 5) is 14.8. The highest BCUT2D eigenvalue weighted by Gasteiger charge is 2.60. The van der Waals surface area contributed by atoms with Gasteiger partial charge in [-0.05, 0) is 75.0 Å². The molecular formula is C18H25N7O. The zero-order valence-corrected chi connectivity index (χ0v) is 15.3. The average Bonchev–Trinajstić information content (AvgIpc) is 3.24. The zero-order chi connectivity index (χ0) is 17.9. The van der Waals surface area contributed by atoms with E-state index in [1.807, 2.05) is 24.8 Å². The Kier molecular flexibility index (Phi) is 3.30. The van der Waals surface area contributed by atoms with E-state index in [9.17, 15) is 4.79 Å². The van der Waals surface area contributed by atoms with Gasteiger partial charge in [-0.1, -0.05) is 0 Å². The molecule has 6 rings (SSSR count). The lowest BCUT2D eigenvalue weighted by Crippen LogP contribution is -2.66. The third kappa shape index (κ3) is 2.38. The third-order valence-electron chi connectivity index (χ3n) is 6.70. The number of aryl methyl sites for hydroxylation is 1. The van der Waals surface area contributed by atoms with Crippen LogP contribution in [0.4, 0.5) is 0 Å². The van der Waals surface area contributed by atoms with E-state index in [-0.39, 0.29) is 23.0 Å². The van der Waals surface area contributed by atoms with E-state index in [2.05, 4.69) is 25.8 Å². The number of nitrogens with one attached hydrogen (secondary N) is 1. The number of nitrogens with zero attached hydrogens (tertiary/aromatic N) is 6. The molecule has 4 fully saturated rings. The topological polar surface area (TPSA) is 90.5 Å². The van der Waals surface area contributed by atoms with Crippen LogP contribution in [-0.4, -0.2) is 41.4 Å². The van der Waals surface area contributed by atoms with Crippen molar-refractivity contribution in [1.29, 1.82) is 0 Å². The van der Waals surface area contributed by atoms with Gasteiger partial charge in [-0.15, -0.1) is 10.2 Å². The highest BCUT2D eigenvalue weighted by Crippen LogP contribution is 2.60. The predicted molar refractivity (Wildman–Crippen MR) is 93.0 cm³/mol. The van der Waals surface area contributed by atoms with Gasteiger partial charge in [0.05, 0.1) is 11.7 Å². The van der Waals surface area contributed by atoms with Crippen LogP contribution in [0.3, 0.4) is 0 Å². The molecule has 0 aromatic carbocycles. The van der Waals surface area contributed by atoms with E-state index >= 15 is 0 Å². The van der Waals surface area contributed by atoms with Crippen LogP contribution in [0.1, 0.15) is 57.1 Å². The van der Waals surface area contributed by atoms with Gasteiger partial charge in [-0.25, -0.2) is 0 Å². The molecule has 4 saturated carbocycles. The largest absolute Gasteiger partial charge is 0.349 e. The van der Waals surface area contributed by atoms with Gasteiger partial charge in [-0.3, -0.25) is 9.48 Å². The molecule has 2 aromatic rings. The highest BCUT2D eigenvalue weighted by atomic mass is 16.2. The number of hydrogen-bond acceptors (Lipinski definition) is 5. The number of hydrogen-bond donors (Lipinski definition) is 1. The summed E-state index contributed by atoms with van der Waals surface area (Å²) in [6.07, 6.45) is 11.7. The lowest BCUT2D eigenvalue weighted by Gasteiger charge is -2.61.